The second-order valence-electron chi connectivity index (χ2n) is 2.27. The molecule has 0 aromatic heterocycles. The second kappa shape index (κ2) is 6.96. The van der Waals surface area contributed by atoms with Gasteiger partial charge in [-0.15, -0.1) is 0 Å². The second-order valence-corrected chi connectivity index (χ2v) is 4.31. The fourth-order valence-corrected chi connectivity index (χ4v) is 1.16. The monoisotopic (exact) mass is 342 g/mol. The van der Waals surface area contributed by atoms with Crippen molar-refractivity contribution in [3.05, 3.63) is 0 Å². The molecule has 0 aliphatic rings. The molecule has 0 aromatic carbocycles. The molecule has 0 aliphatic heterocycles. The Bertz CT molecular complexity index is 428. The molecule has 0 amide bonds. The van der Waals surface area contributed by atoms with E-state index in [0.29, 0.717) is 0 Å². The predicted molar refractivity (Wildman–Crippen MR) is 44.5 cm³/mol. The van der Waals surface area contributed by atoms with Crippen LogP contribution in [-0.2, 0) is 58.2 Å². The normalized spacial score (nSPS) is 11.2. The number of rotatable bonds is 5. The third-order valence-corrected chi connectivity index (χ3v) is 1.72. The van der Waals surface area contributed by atoms with Crippen LogP contribution >= 0.6 is 0 Å². The average Bonchev–Trinajstić information content (AvgIpc) is 1.94. The minimum Gasteiger partial charge on any atom is -0.325 e. The van der Waals surface area contributed by atoms with E-state index >= 15 is 0 Å². The number of carbonyl (C=O) groups excluding carboxylic acids is 2. The molecule has 0 heterocycles. The Labute approximate surface area is 109 Å². The fraction of sp³-hybridized carbons (Fsp3) is 0.500. The van der Waals surface area contributed by atoms with E-state index in [2.05, 4.69) is 8.37 Å². The van der Waals surface area contributed by atoms with Crippen LogP contribution in [0.1, 0.15) is 12.8 Å². The van der Waals surface area contributed by atoms with Gasteiger partial charge in [0.1, 0.15) is 0 Å². The summed E-state index contributed by atoms with van der Waals surface area (Å²) in [5.41, 5.74) is 0. The minimum absolute atomic E-state index is 0. The molecule has 0 aliphatic carbocycles. The first kappa shape index (κ1) is 18.7. The molecule has 0 unspecified atom stereocenters. The molecule has 10 nitrogen and oxygen atoms in total. The van der Waals surface area contributed by atoms with Gasteiger partial charge in [0.05, 0.1) is 12.8 Å². The maximum atomic E-state index is 10.5. The number of hydrogen-bond donors (Lipinski definition) is 2. The van der Waals surface area contributed by atoms with Gasteiger partial charge in [-0.25, -0.2) is 0 Å². The summed E-state index contributed by atoms with van der Waals surface area (Å²) >= 11 is 0. The van der Waals surface area contributed by atoms with Crippen LogP contribution in [0, 0.1) is 0 Å². The van der Waals surface area contributed by atoms with Gasteiger partial charge in [-0.2, -0.15) is 16.8 Å². The Balaban J connectivity index is 0. The molecule has 2 N–H and O–H groups in total. The zero-order valence-corrected chi connectivity index (χ0v) is 12.7. The van der Waals surface area contributed by atoms with Crippen molar-refractivity contribution in [3.63, 3.8) is 0 Å². The van der Waals surface area contributed by atoms with Gasteiger partial charge >= 0.3 is 32.7 Å². The van der Waals surface area contributed by atoms with Crippen LogP contribution in [0.15, 0.2) is 0 Å². The molecule has 13 heteroatoms. The van der Waals surface area contributed by atoms with E-state index in [1.54, 1.807) is 0 Å². The van der Waals surface area contributed by atoms with E-state index in [-0.39, 0.29) is 19.5 Å². The van der Waals surface area contributed by atoms with Crippen LogP contribution in [0.2, 0.25) is 0 Å². The quantitative estimate of drug-likeness (QED) is 0.441. The average molecular weight is 344 g/mol. The molecule has 0 saturated carbocycles. The Kier molecular flexibility index (Phi) is 7.67. The third kappa shape index (κ3) is 13.3. The smallest absolute Gasteiger partial charge is 0.325 e. The molecular weight excluding hydrogens is 338 g/mol. The molecule has 96 valence electrons. The summed E-state index contributed by atoms with van der Waals surface area (Å²) in [4.78, 5) is 21.1. The molecule has 0 spiro atoms. The molecule has 17 heavy (non-hydrogen) atoms. The van der Waals surface area contributed by atoms with Crippen LogP contribution in [0.5, 0.6) is 0 Å². The van der Waals surface area contributed by atoms with Gasteiger partial charge in [0.15, 0.2) is 0 Å². The summed E-state index contributed by atoms with van der Waals surface area (Å²) in [6, 6.07) is 0. The summed E-state index contributed by atoms with van der Waals surface area (Å²) in [5, 5.41) is 0. The maximum Gasteiger partial charge on any atom is 0.448 e. The molecule has 0 fully saturated rings. The van der Waals surface area contributed by atoms with Crippen LogP contribution in [0.4, 0.5) is 0 Å². The van der Waals surface area contributed by atoms with Crippen LogP contribution in [0.25, 0.3) is 0 Å². The molecule has 0 rings (SSSR count). The predicted octanol–water partition coefficient (Wildman–Crippen LogP) is -1.54. The Hall–Kier alpha value is -0.617. The van der Waals surface area contributed by atoms with Crippen molar-refractivity contribution in [2.24, 2.45) is 0 Å². The van der Waals surface area contributed by atoms with Gasteiger partial charge in [-0.3, -0.25) is 18.7 Å². The SMILES string of the molecule is O=C(CCC(=O)OS(=O)(=O)O)OS(=O)(=O)O.[Zn]. The number of carbonyl (C=O) groups is 2. The van der Waals surface area contributed by atoms with Crippen molar-refractivity contribution >= 4 is 32.7 Å². The van der Waals surface area contributed by atoms with E-state index in [9.17, 15) is 26.4 Å². The summed E-state index contributed by atoms with van der Waals surface area (Å²) in [6.07, 6.45) is -1.71. The molecular formula is C4H6O10S2Zn. The van der Waals surface area contributed by atoms with Gasteiger partial charge in [-0.1, -0.05) is 0 Å². The Morgan fingerprint density at radius 3 is 1.24 bits per heavy atom. The van der Waals surface area contributed by atoms with E-state index in [1.165, 1.54) is 0 Å². The summed E-state index contributed by atoms with van der Waals surface area (Å²) in [7, 11) is -9.95. The van der Waals surface area contributed by atoms with Gasteiger partial charge in [0.25, 0.3) is 0 Å². The molecule has 0 aromatic rings. The standard InChI is InChI=1S/C4H6O10S2.Zn/c5-3(13-15(7,8)9)1-2-4(6)14-16(10,11)12;/h1-2H2,(H,7,8,9)(H,10,11,12);. The zero-order chi connectivity index (χ0) is 13.0. The van der Waals surface area contributed by atoms with Crippen molar-refractivity contribution in [1.82, 2.24) is 0 Å². The summed E-state index contributed by atoms with van der Waals surface area (Å²) in [6.45, 7) is 0. The van der Waals surface area contributed by atoms with E-state index in [0.717, 1.165) is 0 Å². The van der Waals surface area contributed by atoms with E-state index < -0.39 is 45.6 Å². The summed E-state index contributed by atoms with van der Waals surface area (Å²) < 4.78 is 62.7. The molecule has 0 bridgehead atoms. The number of hydrogen-bond acceptors (Lipinski definition) is 8. The van der Waals surface area contributed by atoms with Crippen LogP contribution < -0.4 is 0 Å². The first-order valence-corrected chi connectivity index (χ1v) is 6.12. The fourth-order valence-electron chi connectivity index (χ4n) is 0.522. The van der Waals surface area contributed by atoms with Gasteiger partial charge in [0.2, 0.25) is 0 Å². The van der Waals surface area contributed by atoms with Crippen molar-refractivity contribution < 1.29 is 63.4 Å². The van der Waals surface area contributed by atoms with Crippen LogP contribution in [-0.4, -0.2) is 37.9 Å². The van der Waals surface area contributed by atoms with Crippen molar-refractivity contribution in [3.8, 4) is 0 Å². The largest absolute Gasteiger partial charge is 0.448 e. The van der Waals surface area contributed by atoms with E-state index in [4.69, 9.17) is 9.11 Å². The molecule has 0 radical (unpaired) electrons. The van der Waals surface area contributed by atoms with Gasteiger partial charge < -0.3 is 8.37 Å². The molecule has 0 saturated heterocycles. The maximum absolute atomic E-state index is 10.5. The van der Waals surface area contributed by atoms with Crippen molar-refractivity contribution in [2.75, 3.05) is 0 Å². The zero-order valence-electron chi connectivity index (χ0n) is 8.10. The minimum atomic E-state index is -4.98. The van der Waals surface area contributed by atoms with Gasteiger partial charge in [-0.05, 0) is 0 Å². The van der Waals surface area contributed by atoms with Crippen LogP contribution in [0.3, 0.4) is 0 Å². The van der Waals surface area contributed by atoms with E-state index in [1.807, 2.05) is 0 Å². The topological polar surface area (TPSA) is 161 Å². The Morgan fingerprint density at radius 1 is 0.824 bits per heavy atom. The van der Waals surface area contributed by atoms with Crippen molar-refractivity contribution in [1.29, 1.82) is 0 Å². The Morgan fingerprint density at radius 2 is 1.06 bits per heavy atom. The molecule has 0 atom stereocenters. The van der Waals surface area contributed by atoms with Crippen molar-refractivity contribution in [2.45, 2.75) is 12.8 Å². The first-order valence-electron chi connectivity index (χ1n) is 3.39. The van der Waals surface area contributed by atoms with Gasteiger partial charge in [0, 0.05) is 19.5 Å². The third-order valence-electron chi connectivity index (χ3n) is 0.930. The summed E-state index contributed by atoms with van der Waals surface area (Å²) in [5.74, 6) is -2.98. The first-order chi connectivity index (χ1) is 6.99.